The summed E-state index contributed by atoms with van der Waals surface area (Å²) in [6, 6.07) is 7.99. The van der Waals surface area contributed by atoms with Crippen LogP contribution in [0.25, 0.3) is 0 Å². The molecular formula is C16H21NO2. The molecule has 0 amide bonds. The van der Waals surface area contributed by atoms with Crippen LogP contribution in [0.15, 0.2) is 24.3 Å². The summed E-state index contributed by atoms with van der Waals surface area (Å²) >= 11 is 0. The highest BCUT2D eigenvalue weighted by molar-refractivity contribution is 5.41. The fourth-order valence-electron chi connectivity index (χ4n) is 2.41. The van der Waals surface area contributed by atoms with Crippen molar-refractivity contribution in [3.05, 3.63) is 35.4 Å². The molecule has 0 saturated carbocycles. The van der Waals surface area contributed by atoms with Crippen molar-refractivity contribution in [2.24, 2.45) is 5.92 Å². The van der Waals surface area contributed by atoms with Gasteiger partial charge < -0.3 is 10.2 Å². The molecule has 2 unspecified atom stereocenters. The fraction of sp³-hybridized carbons (Fsp3) is 0.500. The number of aliphatic hydroxyl groups excluding tert-OH is 2. The second-order valence-electron chi connectivity index (χ2n) is 5.19. The maximum atomic E-state index is 9.93. The Hall–Kier alpha value is -1.34. The number of hydrogen-bond donors (Lipinski definition) is 2. The molecule has 0 spiro atoms. The molecule has 1 aromatic carbocycles. The summed E-state index contributed by atoms with van der Waals surface area (Å²) in [5.41, 5.74) is 2.12. The Labute approximate surface area is 114 Å². The van der Waals surface area contributed by atoms with E-state index in [1.165, 1.54) is 0 Å². The lowest BCUT2D eigenvalue weighted by molar-refractivity contribution is 0.0259. The lowest BCUT2D eigenvalue weighted by atomic mass is 9.95. The number of likely N-dealkylation sites (tertiary alicyclic amines) is 1. The summed E-state index contributed by atoms with van der Waals surface area (Å²) in [6.07, 6.45) is 0.801. The van der Waals surface area contributed by atoms with Crippen molar-refractivity contribution in [2.75, 3.05) is 19.7 Å². The number of benzene rings is 1. The quantitative estimate of drug-likeness (QED) is 0.785. The molecule has 2 rings (SSSR count). The summed E-state index contributed by atoms with van der Waals surface area (Å²) in [4.78, 5) is 2.27. The Morgan fingerprint density at radius 3 is 2.89 bits per heavy atom. The molecule has 19 heavy (non-hydrogen) atoms. The Bertz CT molecular complexity index is 475. The Balaban J connectivity index is 2.07. The second kappa shape index (κ2) is 6.72. The van der Waals surface area contributed by atoms with Crippen LogP contribution in [0.5, 0.6) is 0 Å². The molecule has 0 aromatic heterocycles. The first-order chi connectivity index (χ1) is 9.20. The summed E-state index contributed by atoms with van der Waals surface area (Å²) in [5.74, 6) is 6.07. The molecule has 102 valence electrons. The van der Waals surface area contributed by atoms with Gasteiger partial charge in [-0.1, -0.05) is 37.0 Å². The van der Waals surface area contributed by atoms with Crippen LogP contribution >= 0.6 is 0 Å². The minimum atomic E-state index is -0.232. The minimum Gasteiger partial charge on any atom is -0.392 e. The van der Waals surface area contributed by atoms with Crippen molar-refractivity contribution in [3.63, 3.8) is 0 Å². The standard InChI is InChI=1S/C16H21NO2/c1-13-8-9-17(12-16(13)19)11-15-6-3-2-5-14(15)7-4-10-18/h2-3,5-6,13,16,18-19H,8-12H2,1H3. The molecule has 1 saturated heterocycles. The predicted octanol–water partition coefficient (Wildman–Crippen LogP) is 1.23. The largest absolute Gasteiger partial charge is 0.392 e. The van der Waals surface area contributed by atoms with E-state index in [2.05, 4.69) is 29.7 Å². The van der Waals surface area contributed by atoms with Gasteiger partial charge in [0, 0.05) is 18.7 Å². The molecule has 0 radical (unpaired) electrons. The Morgan fingerprint density at radius 2 is 2.16 bits per heavy atom. The molecule has 1 aliphatic rings. The van der Waals surface area contributed by atoms with Crippen LogP contribution < -0.4 is 0 Å². The van der Waals surface area contributed by atoms with Gasteiger partial charge in [-0.15, -0.1) is 0 Å². The smallest absolute Gasteiger partial charge is 0.104 e. The third-order valence-corrected chi connectivity index (χ3v) is 3.72. The summed E-state index contributed by atoms with van der Waals surface area (Å²) in [7, 11) is 0. The SMILES string of the molecule is CC1CCN(Cc2ccccc2C#CCO)CC1O. The Kier molecular flexibility index (Phi) is 4.98. The number of aliphatic hydroxyl groups is 2. The Morgan fingerprint density at radius 1 is 1.37 bits per heavy atom. The van der Waals surface area contributed by atoms with Crippen LogP contribution in [0.2, 0.25) is 0 Å². The van der Waals surface area contributed by atoms with Crippen molar-refractivity contribution in [1.82, 2.24) is 4.90 Å². The van der Waals surface area contributed by atoms with Crippen molar-refractivity contribution in [3.8, 4) is 11.8 Å². The number of nitrogens with zero attached hydrogens (tertiary/aromatic N) is 1. The highest BCUT2D eigenvalue weighted by Gasteiger charge is 2.24. The van der Waals surface area contributed by atoms with Gasteiger partial charge in [0.15, 0.2) is 0 Å². The maximum Gasteiger partial charge on any atom is 0.104 e. The first-order valence-corrected chi connectivity index (χ1v) is 6.78. The molecule has 3 heteroatoms. The topological polar surface area (TPSA) is 43.7 Å². The molecule has 1 heterocycles. The molecule has 1 fully saturated rings. The average Bonchev–Trinajstić information content (AvgIpc) is 2.42. The number of piperidine rings is 1. The van der Waals surface area contributed by atoms with Crippen LogP contribution in [-0.2, 0) is 6.54 Å². The first-order valence-electron chi connectivity index (χ1n) is 6.78. The van der Waals surface area contributed by atoms with E-state index in [0.717, 1.165) is 37.2 Å². The van der Waals surface area contributed by atoms with Gasteiger partial charge in [-0.25, -0.2) is 0 Å². The molecule has 0 bridgehead atoms. The van der Waals surface area contributed by atoms with Crippen LogP contribution in [0.4, 0.5) is 0 Å². The van der Waals surface area contributed by atoms with Gasteiger partial charge in [-0.05, 0) is 30.5 Å². The summed E-state index contributed by atoms with van der Waals surface area (Å²) in [5, 5.41) is 18.7. The number of β-amino-alcohol motifs (C(OH)–C–C–N with tert-alkyl or cyclic N) is 1. The van der Waals surface area contributed by atoms with Crippen molar-refractivity contribution in [2.45, 2.75) is 26.0 Å². The first kappa shape index (κ1) is 14.1. The van der Waals surface area contributed by atoms with E-state index < -0.39 is 0 Å². The molecule has 2 atom stereocenters. The highest BCUT2D eigenvalue weighted by Crippen LogP contribution is 2.20. The van der Waals surface area contributed by atoms with E-state index in [1.54, 1.807) is 0 Å². The van der Waals surface area contributed by atoms with E-state index >= 15 is 0 Å². The van der Waals surface area contributed by atoms with E-state index in [4.69, 9.17) is 5.11 Å². The summed E-state index contributed by atoms with van der Waals surface area (Å²) in [6.45, 7) is 4.53. The molecule has 1 aliphatic heterocycles. The zero-order valence-corrected chi connectivity index (χ0v) is 11.3. The van der Waals surface area contributed by atoms with Gasteiger partial charge in [0.05, 0.1) is 6.10 Å². The second-order valence-corrected chi connectivity index (χ2v) is 5.19. The van der Waals surface area contributed by atoms with Gasteiger partial charge in [0.1, 0.15) is 6.61 Å². The average molecular weight is 259 g/mol. The number of rotatable bonds is 2. The lowest BCUT2D eigenvalue weighted by Crippen LogP contribution is -2.42. The fourth-order valence-corrected chi connectivity index (χ4v) is 2.41. The van der Waals surface area contributed by atoms with E-state index in [1.807, 2.05) is 18.2 Å². The molecule has 2 N–H and O–H groups in total. The van der Waals surface area contributed by atoms with E-state index in [0.29, 0.717) is 5.92 Å². The third kappa shape index (κ3) is 3.81. The van der Waals surface area contributed by atoms with Gasteiger partial charge in [0.25, 0.3) is 0 Å². The molecular weight excluding hydrogens is 238 g/mol. The van der Waals surface area contributed by atoms with Crippen LogP contribution in [-0.4, -0.2) is 40.9 Å². The van der Waals surface area contributed by atoms with E-state index in [-0.39, 0.29) is 12.7 Å². The number of hydrogen-bond acceptors (Lipinski definition) is 3. The minimum absolute atomic E-state index is 0.117. The molecule has 0 aliphatic carbocycles. The monoisotopic (exact) mass is 259 g/mol. The predicted molar refractivity (Wildman–Crippen MR) is 75.5 cm³/mol. The van der Waals surface area contributed by atoms with Crippen LogP contribution in [0, 0.1) is 17.8 Å². The van der Waals surface area contributed by atoms with Gasteiger partial charge in [-0.2, -0.15) is 0 Å². The van der Waals surface area contributed by atoms with Crippen LogP contribution in [0.3, 0.4) is 0 Å². The zero-order chi connectivity index (χ0) is 13.7. The van der Waals surface area contributed by atoms with Crippen molar-refractivity contribution < 1.29 is 10.2 Å². The van der Waals surface area contributed by atoms with Crippen LogP contribution in [0.1, 0.15) is 24.5 Å². The van der Waals surface area contributed by atoms with Gasteiger partial charge in [0.2, 0.25) is 0 Å². The van der Waals surface area contributed by atoms with Gasteiger partial charge >= 0.3 is 0 Å². The van der Waals surface area contributed by atoms with E-state index in [9.17, 15) is 5.11 Å². The maximum absolute atomic E-state index is 9.93. The molecule has 1 aromatic rings. The van der Waals surface area contributed by atoms with Crippen molar-refractivity contribution >= 4 is 0 Å². The zero-order valence-electron chi connectivity index (χ0n) is 11.3. The van der Waals surface area contributed by atoms with Gasteiger partial charge in [-0.3, -0.25) is 4.90 Å². The summed E-state index contributed by atoms with van der Waals surface area (Å²) < 4.78 is 0. The van der Waals surface area contributed by atoms with Crippen molar-refractivity contribution in [1.29, 1.82) is 0 Å². The third-order valence-electron chi connectivity index (χ3n) is 3.72. The molecule has 3 nitrogen and oxygen atoms in total. The highest BCUT2D eigenvalue weighted by atomic mass is 16.3. The lowest BCUT2D eigenvalue weighted by Gasteiger charge is -2.34. The normalized spacial score (nSPS) is 23.7.